The Morgan fingerprint density at radius 1 is 1.23 bits per heavy atom. The average Bonchev–Trinajstić information content (AvgIpc) is 3.04. The first-order chi connectivity index (χ1) is 12.7. The average molecular weight is 367 g/mol. The van der Waals surface area contributed by atoms with Crippen LogP contribution in [0.2, 0.25) is 0 Å². The Morgan fingerprint density at radius 2 is 2.04 bits per heavy atom. The van der Waals surface area contributed by atoms with Gasteiger partial charge >= 0.3 is 0 Å². The summed E-state index contributed by atoms with van der Waals surface area (Å²) in [5.74, 6) is 0.809. The lowest BCUT2D eigenvalue weighted by Gasteiger charge is -2.06. The minimum atomic E-state index is 0.0184. The Morgan fingerprint density at radius 3 is 2.73 bits per heavy atom. The molecule has 0 aliphatic rings. The van der Waals surface area contributed by atoms with Crippen LogP contribution in [0.5, 0.6) is 5.75 Å². The lowest BCUT2D eigenvalue weighted by molar-refractivity contribution is -0.120. The van der Waals surface area contributed by atoms with Gasteiger partial charge in [-0.3, -0.25) is 9.78 Å². The predicted octanol–water partition coefficient (Wildman–Crippen LogP) is 3.42. The number of hydrogen-bond donors (Lipinski definition) is 1. The first-order valence-corrected chi connectivity index (χ1v) is 9.23. The molecule has 0 atom stereocenters. The van der Waals surface area contributed by atoms with Gasteiger partial charge in [-0.2, -0.15) is 0 Å². The highest BCUT2D eigenvalue weighted by Gasteiger charge is 2.10. The molecule has 0 saturated carbocycles. The SMILES string of the molecule is COc1ccc(CC(=O)NCCc2sc(-c3cccnc3)nc2C)cc1. The number of amides is 1. The Hall–Kier alpha value is -2.73. The van der Waals surface area contributed by atoms with Crippen LogP contribution in [0.4, 0.5) is 0 Å². The molecule has 0 fully saturated rings. The van der Waals surface area contributed by atoms with E-state index in [0.717, 1.165) is 34.0 Å². The van der Waals surface area contributed by atoms with Crippen molar-refractivity contribution in [3.05, 3.63) is 64.9 Å². The van der Waals surface area contributed by atoms with Gasteiger partial charge < -0.3 is 10.1 Å². The number of thiazole rings is 1. The van der Waals surface area contributed by atoms with Crippen molar-refractivity contribution in [3.63, 3.8) is 0 Å². The van der Waals surface area contributed by atoms with Gasteiger partial charge in [0, 0.05) is 35.8 Å². The molecule has 134 valence electrons. The summed E-state index contributed by atoms with van der Waals surface area (Å²) >= 11 is 1.66. The maximum absolute atomic E-state index is 12.1. The third kappa shape index (κ3) is 4.67. The van der Waals surface area contributed by atoms with Gasteiger partial charge in [0.1, 0.15) is 10.8 Å². The molecule has 3 aromatic rings. The van der Waals surface area contributed by atoms with Gasteiger partial charge in [-0.1, -0.05) is 12.1 Å². The number of nitrogens with zero attached hydrogens (tertiary/aromatic N) is 2. The second-order valence-electron chi connectivity index (χ2n) is 5.89. The third-order valence-electron chi connectivity index (χ3n) is 4.00. The summed E-state index contributed by atoms with van der Waals surface area (Å²) in [4.78, 5) is 22.0. The molecule has 2 heterocycles. The summed E-state index contributed by atoms with van der Waals surface area (Å²) in [5, 5.41) is 3.95. The normalized spacial score (nSPS) is 10.5. The molecule has 0 aliphatic carbocycles. The van der Waals surface area contributed by atoms with Crippen LogP contribution in [-0.4, -0.2) is 29.5 Å². The molecule has 1 aromatic carbocycles. The van der Waals surface area contributed by atoms with Crippen LogP contribution in [0.25, 0.3) is 10.6 Å². The van der Waals surface area contributed by atoms with E-state index in [1.807, 2.05) is 49.5 Å². The van der Waals surface area contributed by atoms with Gasteiger partial charge in [0.2, 0.25) is 5.91 Å². The Balaban J connectivity index is 1.51. The quantitative estimate of drug-likeness (QED) is 0.695. The van der Waals surface area contributed by atoms with Crippen molar-refractivity contribution < 1.29 is 9.53 Å². The lowest BCUT2D eigenvalue weighted by atomic mass is 10.1. The standard InChI is InChI=1S/C20H21N3O2S/c1-14-18(26-20(23-14)16-4-3-10-21-13-16)9-11-22-19(24)12-15-5-7-17(25-2)8-6-15/h3-8,10,13H,9,11-12H2,1-2H3,(H,22,24). The number of rotatable bonds is 7. The van der Waals surface area contributed by atoms with E-state index in [0.29, 0.717) is 13.0 Å². The molecule has 1 N–H and O–H groups in total. The zero-order valence-corrected chi connectivity index (χ0v) is 15.7. The molecule has 3 rings (SSSR count). The fraction of sp³-hybridized carbons (Fsp3) is 0.250. The van der Waals surface area contributed by atoms with E-state index >= 15 is 0 Å². The number of aryl methyl sites for hydroxylation is 1. The van der Waals surface area contributed by atoms with Crippen molar-refractivity contribution in [1.82, 2.24) is 15.3 Å². The van der Waals surface area contributed by atoms with Gasteiger partial charge in [-0.15, -0.1) is 11.3 Å². The summed E-state index contributed by atoms with van der Waals surface area (Å²) in [6.07, 6.45) is 4.71. The van der Waals surface area contributed by atoms with Crippen LogP contribution in [0.1, 0.15) is 16.1 Å². The highest BCUT2D eigenvalue weighted by molar-refractivity contribution is 7.15. The summed E-state index contributed by atoms with van der Waals surface area (Å²) in [6, 6.07) is 11.5. The van der Waals surface area contributed by atoms with Gasteiger partial charge in [0.05, 0.1) is 19.2 Å². The van der Waals surface area contributed by atoms with E-state index in [4.69, 9.17) is 4.74 Å². The molecule has 26 heavy (non-hydrogen) atoms. The Kier molecular flexibility index (Phi) is 5.96. The number of carbonyl (C=O) groups excluding carboxylic acids is 1. The smallest absolute Gasteiger partial charge is 0.224 e. The zero-order valence-electron chi connectivity index (χ0n) is 14.9. The summed E-state index contributed by atoms with van der Waals surface area (Å²) < 4.78 is 5.12. The zero-order chi connectivity index (χ0) is 18.4. The summed E-state index contributed by atoms with van der Waals surface area (Å²) in [6.45, 7) is 2.61. The Bertz CT molecular complexity index is 861. The first kappa shape index (κ1) is 18.1. The monoisotopic (exact) mass is 367 g/mol. The van der Waals surface area contributed by atoms with Crippen LogP contribution in [0.15, 0.2) is 48.8 Å². The van der Waals surface area contributed by atoms with Crippen molar-refractivity contribution in [2.24, 2.45) is 0 Å². The van der Waals surface area contributed by atoms with Gasteiger partial charge in [-0.25, -0.2) is 4.98 Å². The van der Waals surface area contributed by atoms with Gasteiger partial charge in [0.25, 0.3) is 0 Å². The second-order valence-corrected chi connectivity index (χ2v) is 6.98. The van der Waals surface area contributed by atoms with E-state index in [-0.39, 0.29) is 5.91 Å². The van der Waals surface area contributed by atoms with Gasteiger partial charge in [-0.05, 0) is 36.8 Å². The minimum absolute atomic E-state index is 0.0184. The molecular formula is C20H21N3O2S. The number of aromatic nitrogens is 2. The predicted molar refractivity (Wildman–Crippen MR) is 103 cm³/mol. The summed E-state index contributed by atoms with van der Waals surface area (Å²) in [7, 11) is 1.63. The summed E-state index contributed by atoms with van der Waals surface area (Å²) in [5.41, 5.74) is 3.00. The van der Waals surface area contributed by atoms with E-state index in [2.05, 4.69) is 15.3 Å². The highest BCUT2D eigenvalue weighted by Crippen LogP contribution is 2.27. The van der Waals surface area contributed by atoms with Crippen molar-refractivity contribution in [2.75, 3.05) is 13.7 Å². The van der Waals surface area contributed by atoms with Crippen molar-refractivity contribution in [3.8, 4) is 16.3 Å². The molecule has 2 aromatic heterocycles. The topological polar surface area (TPSA) is 64.1 Å². The number of nitrogens with one attached hydrogen (secondary N) is 1. The largest absolute Gasteiger partial charge is 0.497 e. The van der Waals surface area contributed by atoms with Crippen LogP contribution >= 0.6 is 11.3 Å². The molecule has 0 saturated heterocycles. The Labute approximate surface area is 157 Å². The number of carbonyl (C=O) groups is 1. The number of benzene rings is 1. The van der Waals surface area contributed by atoms with Crippen molar-refractivity contribution in [2.45, 2.75) is 19.8 Å². The molecule has 0 radical (unpaired) electrons. The lowest BCUT2D eigenvalue weighted by Crippen LogP contribution is -2.27. The van der Waals surface area contributed by atoms with Gasteiger partial charge in [0.15, 0.2) is 0 Å². The van der Waals surface area contributed by atoms with E-state index < -0.39 is 0 Å². The maximum atomic E-state index is 12.1. The van der Waals surface area contributed by atoms with Crippen LogP contribution in [-0.2, 0) is 17.6 Å². The van der Waals surface area contributed by atoms with Crippen molar-refractivity contribution >= 4 is 17.2 Å². The molecule has 1 amide bonds. The fourth-order valence-electron chi connectivity index (χ4n) is 2.58. The highest BCUT2D eigenvalue weighted by atomic mass is 32.1. The van der Waals surface area contributed by atoms with Crippen molar-refractivity contribution in [1.29, 1.82) is 0 Å². The number of methoxy groups -OCH3 is 1. The fourth-order valence-corrected chi connectivity index (χ4v) is 3.63. The molecule has 5 nitrogen and oxygen atoms in total. The number of hydrogen-bond acceptors (Lipinski definition) is 5. The molecule has 0 aliphatic heterocycles. The van der Waals surface area contributed by atoms with Crippen LogP contribution in [0.3, 0.4) is 0 Å². The molecule has 0 bridgehead atoms. The van der Waals surface area contributed by atoms with E-state index in [1.165, 1.54) is 4.88 Å². The molecule has 6 heteroatoms. The van der Waals surface area contributed by atoms with Crippen LogP contribution < -0.4 is 10.1 Å². The number of ether oxygens (including phenoxy) is 1. The molecule has 0 spiro atoms. The van der Waals surface area contributed by atoms with E-state index in [1.54, 1.807) is 24.6 Å². The third-order valence-corrected chi connectivity index (χ3v) is 5.27. The van der Waals surface area contributed by atoms with Crippen LogP contribution in [0, 0.1) is 6.92 Å². The minimum Gasteiger partial charge on any atom is -0.497 e. The molecule has 0 unspecified atom stereocenters. The van der Waals surface area contributed by atoms with E-state index in [9.17, 15) is 4.79 Å². The molecular weight excluding hydrogens is 346 g/mol. The first-order valence-electron chi connectivity index (χ1n) is 8.42. The number of pyridine rings is 1. The maximum Gasteiger partial charge on any atom is 0.224 e. The second kappa shape index (κ2) is 8.58.